The van der Waals surface area contributed by atoms with Crippen LogP contribution in [0, 0.1) is 0 Å². The number of unbranched alkanes of at least 4 members (excludes halogenated alkanes) is 1. The van der Waals surface area contributed by atoms with Crippen LogP contribution in [0.2, 0.25) is 0 Å². The summed E-state index contributed by atoms with van der Waals surface area (Å²) in [6.45, 7) is 7.02. The van der Waals surface area contributed by atoms with E-state index in [4.69, 9.17) is 9.84 Å². The van der Waals surface area contributed by atoms with Gasteiger partial charge in [-0.25, -0.2) is 0 Å². The zero-order valence-electron chi connectivity index (χ0n) is 12.4. The average molecular weight is 279 g/mol. The zero-order chi connectivity index (χ0) is 14.8. The van der Waals surface area contributed by atoms with E-state index in [1.807, 2.05) is 24.3 Å². The van der Waals surface area contributed by atoms with E-state index in [0.717, 1.165) is 50.3 Å². The third-order valence-electron chi connectivity index (χ3n) is 3.24. The van der Waals surface area contributed by atoms with E-state index in [1.165, 1.54) is 0 Å². The van der Waals surface area contributed by atoms with Crippen molar-refractivity contribution < 1.29 is 14.6 Å². The minimum absolute atomic E-state index is 0.455. The third kappa shape index (κ3) is 6.17. The van der Waals surface area contributed by atoms with Gasteiger partial charge in [-0.05, 0) is 24.5 Å². The Morgan fingerprint density at radius 3 is 2.60 bits per heavy atom. The molecule has 0 saturated heterocycles. The fourth-order valence-electron chi connectivity index (χ4n) is 1.79. The van der Waals surface area contributed by atoms with Gasteiger partial charge in [-0.3, -0.25) is 4.79 Å². The molecule has 20 heavy (non-hydrogen) atoms. The first-order valence-corrected chi connectivity index (χ1v) is 7.25. The molecule has 0 heterocycles. The van der Waals surface area contributed by atoms with Gasteiger partial charge in [-0.1, -0.05) is 37.6 Å². The summed E-state index contributed by atoms with van der Waals surface area (Å²) in [5, 5.41) is 12.2. The summed E-state index contributed by atoms with van der Waals surface area (Å²) in [5.74, 6) is -1.25. The van der Waals surface area contributed by atoms with Crippen molar-refractivity contribution in [2.24, 2.45) is 0 Å². The molecule has 0 amide bonds. The summed E-state index contributed by atoms with van der Waals surface area (Å²) >= 11 is 0. The van der Waals surface area contributed by atoms with Gasteiger partial charge in [0.05, 0.1) is 12.5 Å². The summed E-state index contributed by atoms with van der Waals surface area (Å²) in [6, 6.07) is 7.71. The first kappa shape index (κ1) is 16.7. The lowest BCUT2D eigenvalue weighted by molar-refractivity contribution is -0.138. The number of carboxylic acids is 1. The maximum absolute atomic E-state index is 10.9. The molecule has 0 radical (unpaired) electrons. The van der Waals surface area contributed by atoms with E-state index >= 15 is 0 Å². The highest BCUT2D eigenvalue weighted by Gasteiger charge is 2.12. The Morgan fingerprint density at radius 1 is 1.30 bits per heavy atom. The normalized spacial score (nSPS) is 12.3. The topological polar surface area (TPSA) is 58.6 Å². The lowest BCUT2D eigenvalue weighted by atomic mass is 10.0. The van der Waals surface area contributed by atoms with Crippen LogP contribution in [0.5, 0.6) is 0 Å². The number of rotatable bonds is 10. The lowest BCUT2D eigenvalue weighted by Gasteiger charge is -2.09. The first-order valence-electron chi connectivity index (χ1n) is 7.25. The van der Waals surface area contributed by atoms with Crippen molar-refractivity contribution in [2.75, 3.05) is 19.8 Å². The van der Waals surface area contributed by atoms with Crippen LogP contribution in [0.1, 0.15) is 43.7 Å². The van der Waals surface area contributed by atoms with Gasteiger partial charge in [0.1, 0.15) is 0 Å². The molecule has 1 aromatic carbocycles. The predicted molar refractivity (Wildman–Crippen MR) is 79.9 cm³/mol. The number of benzene rings is 1. The molecule has 0 bridgehead atoms. The molecule has 1 aromatic rings. The monoisotopic (exact) mass is 279 g/mol. The summed E-state index contributed by atoms with van der Waals surface area (Å²) in [7, 11) is 0. The van der Waals surface area contributed by atoms with Crippen molar-refractivity contribution in [3.05, 3.63) is 35.4 Å². The smallest absolute Gasteiger partial charge is 0.310 e. The van der Waals surface area contributed by atoms with E-state index in [9.17, 15) is 4.79 Å². The maximum Gasteiger partial charge on any atom is 0.310 e. The molecule has 1 rings (SSSR count). The van der Waals surface area contributed by atoms with Crippen LogP contribution in [0.15, 0.2) is 24.3 Å². The van der Waals surface area contributed by atoms with E-state index < -0.39 is 11.9 Å². The van der Waals surface area contributed by atoms with Gasteiger partial charge in [0, 0.05) is 19.7 Å². The molecule has 4 heteroatoms. The number of nitrogens with one attached hydrogen (secondary N) is 1. The summed E-state index contributed by atoms with van der Waals surface area (Å²) in [6.07, 6.45) is 2.28. The van der Waals surface area contributed by atoms with Crippen LogP contribution in [0.25, 0.3) is 0 Å². The highest BCUT2D eigenvalue weighted by atomic mass is 16.5. The first-order chi connectivity index (χ1) is 9.65. The molecule has 2 N–H and O–H groups in total. The summed E-state index contributed by atoms with van der Waals surface area (Å²) < 4.78 is 5.46. The van der Waals surface area contributed by atoms with Crippen LogP contribution in [-0.2, 0) is 16.1 Å². The fourth-order valence-corrected chi connectivity index (χ4v) is 1.79. The number of aliphatic carboxylic acids is 1. The Labute approximate surface area is 121 Å². The van der Waals surface area contributed by atoms with Crippen molar-refractivity contribution in [1.29, 1.82) is 0 Å². The van der Waals surface area contributed by atoms with Crippen LogP contribution < -0.4 is 5.32 Å². The Kier molecular flexibility index (Phi) is 7.92. The Balaban J connectivity index is 2.23. The second kappa shape index (κ2) is 9.50. The molecule has 1 atom stereocenters. The molecule has 0 fully saturated rings. The fraction of sp³-hybridized carbons (Fsp3) is 0.562. The molecule has 112 valence electrons. The van der Waals surface area contributed by atoms with E-state index in [-0.39, 0.29) is 0 Å². The molecule has 0 aliphatic carbocycles. The van der Waals surface area contributed by atoms with Gasteiger partial charge in [-0.15, -0.1) is 0 Å². The number of ether oxygens (including phenoxy) is 1. The zero-order valence-corrected chi connectivity index (χ0v) is 12.4. The number of hydrogen-bond acceptors (Lipinski definition) is 3. The summed E-state index contributed by atoms with van der Waals surface area (Å²) in [4.78, 5) is 10.9. The average Bonchev–Trinajstić information content (AvgIpc) is 2.46. The molecule has 0 saturated carbocycles. The third-order valence-corrected chi connectivity index (χ3v) is 3.24. The second-order valence-electron chi connectivity index (χ2n) is 4.94. The largest absolute Gasteiger partial charge is 0.481 e. The predicted octanol–water partition coefficient (Wildman–Crippen LogP) is 2.78. The number of carboxylic acid groups (broad SMARTS) is 1. The highest BCUT2D eigenvalue weighted by molar-refractivity contribution is 5.75. The van der Waals surface area contributed by atoms with Crippen molar-refractivity contribution in [3.63, 3.8) is 0 Å². The summed E-state index contributed by atoms with van der Waals surface area (Å²) in [5.41, 5.74) is 1.99. The van der Waals surface area contributed by atoms with Gasteiger partial charge >= 0.3 is 5.97 Å². The van der Waals surface area contributed by atoms with Gasteiger partial charge in [0.2, 0.25) is 0 Å². The van der Waals surface area contributed by atoms with Crippen molar-refractivity contribution in [2.45, 2.75) is 39.2 Å². The van der Waals surface area contributed by atoms with Gasteiger partial charge < -0.3 is 15.2 Å². The minimum Gasteiger partial charge on any atom is -0.481 e. The van der Waals surface area contributed by atoms with Gasteiger partial charge in [0.15, 0.2) is 0 Å². The maximum atomic E-state index is 10.9. The van der Waals surface area contributed by atoms with Gasteiger partial charge in [-0.2, -0.15) is 0 Å². The Morgan fingerprint density at radius 2 is 2.00 bits per heavy atom. The molecule has 0 aromatic heterocycles. The molecular formula is C16H25NO3. The SMILES string of the molecule is CCCCOCCNCc1ccc(C(C)C(=O)O)cc1. The molecular weight excluding hydrogens is 254 g/mol. The second-order valence-corrected chi connectivity index (χ2v) is 4.94. The van der Waals surface area contributed by atoms with Crippen LogP contribution >= 0.6 is 0 Å². The number of hydrogen-bond donors (Lipinski definition) is 2. The van der Waals surface area contributed by atoms with Gasteiger partial charge in [0.25, 0.3) is 0 Å². The van der Waals surface area contributed by atoms with E-state index in [0.29, 0.717) is 0 Å². The van der Waals surface area contributed by atoms with E-state index in [1.54, 1.807) is 6.92 Å². The highest BCUT2D eigenvalue weighted by Crippen LogP contribution is 2.15. The standard InChI is InChI=1S/C16H25NO3/c1-3-4-10-20-11-9-17-12-14-5-7-15(8-6-14)13(2)16(18)19/h5-8,13,17H,3-4,9-12H2,1-2H3,(H,18,19). The van der Waals surface area contributed by atoms with Crippen molar-refractivity contribution in [3.8, 4) is 0 Å². The van der Waals surface area contributed by atoms with Crippen LogP contribution in [0.4, 0.5) is 0 Å². The Hall–Kier alpha value is -1.39. The molecule has 4 nitrogen and oxygen atoms in total. The van der Waals surface area contributed by atoms with Crippen LogP contribution in [0.3, 0.4) is 0 Å². The Bertz CT molecular complexity index is 389. The van der Waals surface area contributed by atoms with E-state index in [2.05, 4.69) is 12.2 Å². The quantitative estimate of drug-likeness (QED) is 0.647. The molecule has 0 spiro atoms. The van der Waals surface area contributed by atoms with Crippen molar-refractivity contribution >= 4 is 5.97 Å². The molecule has 0 aliphatic rings. The number of carbonyl (C=O) groups is 1. The van der Waals surface area contributed by atoms with Crippen molar-refractivity contribution in [1.82, 2.24) is 5.32 Å². The minimum atomic E-state index is -0.792. The lowest BCUT2D eigenvalue weighted by Crippen LogP contribution is -2.19. The van der Waals surface area contributed by atoms with Crippen LogP contribution in [-0.4, -0.2) is 30.8 Å². The molecule has 1 unspecified atom stereocenters. The molecule has 0 aliphatic heterocycles.